The maximum Gasteiger partial charge on any atom is 0.229 e. The van der Waals surface area contributed by atoms with Crippen molar-refractivity contribution in [2.24, 2.45) is 5.92 Å². The Morgan fingerprint density at radius 2 is 2.12 bits per heavy atom. The number of rotatable bonds is 4. The number of carbonyl (C=O) groups excluding carboxylic acids is 1. The summed E-state index contributed by atoms with van der Waals surface area (Å²) in [4.78, 5) is 12.4. The third-order valence-corrected chi connectivity index (χ3v) is 4.79. The zero-order valence-corrected chi connectivity index (χ0v) is 16.0. The molecule has 5 nitrogen and oxygen atoms in total. The molecular formula is C17H22BrClN4O. The van der Waals surface area contributed by atoms with Crippen LogP contribution in [0, 0.1) is 5.92 Å². The lowest BCUT2D eigenvalue weighted by Gasteiger charge is -2.21. The van der Waals surface area contributed by atoms with Gasteiger partial charge in [0.25, 0.3) is 0 Å². The molecule has 130 valence electrons. The number of nitrogens with zero attached hydrogens (tertiary/aromatic N) is 1. The Hall–Kier alpha value is -1.37. The lowest BCUT2D eigenvalue weighted by Crippen LogP contribution is -2.37. The first kappa shape index (κ1) is 19.0. The number of nitrogens with one attached hydrogen (secondary N) is 3. The fourth-order valence-corrected chi connectivity index (χ4v) is 3.23. The molecule has 0 aliphatic carbocycles. The van der Waals surface area contributed by atoms with Crippen molar-refractivity contribution in [2.45, 2.75) is 26.2 Å². The largest absolute Gasteiger partial charge is 0.316 e. The normalized spacial score (nSPS) is 17.2. The van der Waals surface area contributed by atoms with Gasteiger partial charge in [-0.05, 0) is 43.5 Å². The number of aromatic nitrogens is 2. The highest BCUT2D eigenvalue weighted by Crippen LogP contribution is 2.28. The molecule has 1 aromatic heterocycles. The van der Waals surface area contributed by atoms with E-state index in [9.17, 15) is 4.79 Å². The van der Waals surface area contributed by atoms with Crippen molar-refractivity contribution < 1.29 is 4.79 Å². The molecule has 1 unspecified atom stereocenters. The molecule has 0 spiro atoms. The zero-order chi connectivity index (χ0) is 16.2. The zero-order valence-electron chi connectivity index (χ0n) is 13.6. The van der Waals surface area contributed by atoms with Gasteiger partial charge in [-0.3, -0.25) is 9.89 Å². The van der Waals surface area contributed by atoms with E-state index in [0.29, 0.717) is 5.82 Å². The number of piperidine rings is 1. The van der Waals surface area contributed by atoms with Crippen LogP contribution in [0.5, 0.6) is 0 Å². The van der Waals surface area contributed by atoms with Crippen LogP contribution in [0.3, 0.4) is 0 Å². The summed E-state index contributed by atoms with van der Waals surface area (Å²) >= 11 is 3.45. The molecule has 1 aliphatic heterocycles. The van der Waals surface area contributed by atoms with Crippen molar-refractivity contribution in [1.29, 1.82) is 0 Å². The van der Waals surface area contributed by atoms with Gasteiger partial charge in [0.15, 0.2) is 5.82 Å². The van der Waals surface area contributed by atoms with Crippen LogP contribution in [0.4, 0.5) is 5.82 Å². The molecule has 0 radical (unpaired) electrons. The number of hydrogen-bond acceptors (Lipinski definition) is 3. The molecule has 24 heavy (non-hydrogen) atoms. The number of hydrogen-bond donors (Lipinski definition) is 3. The minimum Gasteiger partial charge on any atom is -0.316 e. The number of aromatic amines is 1. The van der Waals surface area contributed by atoms with Gasteiger partial charge >= 0.3 is 0 Å². The average molecular weight is 414 g/mol. The van der Waals surface area contributed by atoms with E-state index in [1.807, 2.05) is 24.3 Å². The second kappa shape index (κ2) is 8.65. The van der Waals surface area contributed by atoms with Crippen molar-refractivity contribution in [2.75, 3.05) is 18.4 Å². The van der Waals surface area contributed by atoms with Crippen molar-refractivity contribution in [3.63, 3.8) is 0 Å². The summed E-state index contributed by atoms with van der Waals surface area (Å²) in [5, 5.41) is 13.7. The summed E-state index contributed by atoms with van der Waals surface area (Å²) in [7, 11) is 0. The lowest BCUT2D eigenvalue weighted by atomic mass is 9.98. The molecule has 1 saturated heterocycles. The van der Waals surface area contributed by atoms with Crippen LogP contribution in [-0.2, 0) is 11.2 Å². The fourth-order valence-electron chi connectivity index (χ4n) is 2.96. The monoisotopic (exact) mass is 412 g/mol. The number of anilines is 1. The van der Waals surface area contributed by atoms with Crippen LogP contribution in [0.15, 0.2) is 28.7 Å². The number of carbonyl (C=O) groups is 1. The topological polar surface area (TPSA) is 69.8 Å². The predicted octanol–water partition coefficient (Wildman–Crippen LogP) is 3.76. The van der Waals surface area contributed by atoms with Crippen LogP contribution in [0.25, 0.3) is 11.3 Å². The van der Waals surface area contributed by atoms with E-state index in [-0.39, 0.29) is 24.2 Å². The molecule has 7 heteroatoms. The Kier molecular flexibility index (Phi) is 6.83. The van der Waals surface area contributed by atoms with E-state index in [2.05, 4.69) is 43.7 Å². The summed E-state index contributed by atoms with van der Waals surface area (Å²) in [5.74, 6) is 0.739. The third-order valence-electron chi connectivity index (χ3n) is 4.26. The van der Waals surface area contributed by atoms with Gasteiger partial charge in [0.05, 0.1) is 11.6 Å². The van der Waals surface area contributed by atoms with Crippen molar-refractivity contribution in [3.8, 4) is 11.3 Å². The van der Waals surface area contributed by atoms with Gasteiger partial charge in [-0.2, -0.15) is 5.10 Å². The molecule has 3 N–H and O–H groups in total. The Morgan fingerprint density at radius 1 is 1.38 bits per heavy atom. The van der Waals surface area contributed by atoms with Crippen molar-refractivity contribution in [1.82, 2.24) is 15.5 Å². The summed E-state index contributed by atoms with van der Waals surface area (Å²) in [6.07, 6.45) is 2.79. The second-order valence-corrected chi connectivity index (χ2v) is 6.73. The number of halogens is 2. The minimum absolute atomic E-state index is 0. The summed E-state index contributed by atoms with van der Waals surface area (Å²) in [5.41, 5.74) is 3.08. The molecule has 0 saturated carbocycles. The Labute approximate surface area is 156 Å². The first-order valence-electron chi connectivity index (χ1n) is 8.03. The molecule has 1 amide bonds. The van der Waals surface area contributed by atoms with Gasteiger partial charge in [0, 0.05) is 16.6 Å². The SMILES string of the molecule is CCc1c(NC(=O)C2CCCNC2)n[nH]c1-c1ccc(Br)cc1.Cl. The number of H-pyrrole nitrogens is 1. The summed E-state index contributed by atoms with van der Waals surface area (Å²) in [6.45, 7) is 3.82. The first-order valence-corrected chi connectivity index (χ1v) is 8.83. The quantitative estimate of drug-likeness (QED) is 0.715. The van der Waals surface area contributed by atoms with E-state index in [1.54, 1.807) is 0 Å². The van der Waals surface area contributed by atoms with Gasteiger partial charge in [-0.15, -0.1) is 12.4 Å². The van der Waals surface area contributed by atoms with Gasteiger partial charge in [-0.25, -0.2) is 0 Å². The van der Waals surface area contributed by atoms with Crippen LogP contribution in [0.2, 0.25) is 0 Å². The van der Waals surface area contributed by atoms with Crippen LogP contribution in [-0.4, -0.2) is 29.2 Å². The van der Waals surface area contributed by atoms with Crippen molar-refractivity contribution in [3.05, 3.63) is 34.3 Å². The summed E-state index contributed by atoms with van der Waals surface area (Å²) < 4.78 is 1.04. The predicted molar refractivity (Wildman–Crippen MR) is 103 cm³/mol. The Balaban J connectivity index is 0.00000208. The lowest BCUT2D eigenvalue weighted by molar-refractivity contribution is -0.120. The van der Waals surface area contributed by atoms with Gasteiger partial charge < -0.3 is 10.6 Å². The molecular weight excluding hydrogens is 392 g/mol. The Bertz CT molecular complexity index is 680. The fraction of sp³-hybridized carbons (Fsp3) is 0.412. The minimum atomic E-state index is 0. The number of benzene rings is 1. The summed E-state index contributed by atoms with van der Waals surface area (Å²) in [6, 6.07) is 8.07. The van der Waals surface area contributed by atoms with E-state index in [0.717, 1.165) is 53.6 Å². The molecule has 1 aliphatic rings. The average Bonchev–Trinajstić information content (AvgIpc) is 2.99. The molecule has 1 fully saturated rings. The molecule has 0 bridgehead atoms. The third kappa shape index (κ3) is 4.18. The smallest absolute Gasteiger partial charge is 0.229 e. The van der Waals surface area contributed by atoms with Crippen LogP contribution >= 0.6 is 28.3 Å². The first-order chi connectivity index (χ1) is 11.2. The molecule has 2 aromatic rings. The van der Waals surface area contributed by atoms with Gasteiger partial charge in [0.1, 0.15) is 0 Å². The standard InChI is InChI=1S/C17H21BrN4O.ClH/c1-2-14-15(11-5-7-13(18)8-6-11)21-22-16(14)20-17(23)12-4-3-9-19-10-12;/h5-8,12,19H,2-4,9-10H2,1H3,(H2,20,21,22,23);1H. The van der Waals surface area contributed by atoms with E-state index >= 15 is 0 Å². The van der Waals surface area contributed by atoms with E-state index < -0.39 is 0 Å². The van der Waals surface area contributed by atoms with Gasteiger partial charge in [0.2, 0.25) is 5.91 Å². The number of amides is 1. The molecule has 1 atom stereocenters. The van der Waals surface area contributed by atoms with E-state index in [4.69, 9.17) is 0 Å². The highest BCUT2D eigenvalue weighted by Gasteiger charge is 2.23. The second-order valence-electron chi connectivity index (χ2n) is 5.82. The Morgan fingerprint density at radius 3 is 2.75 bits per heavy atom. The highest BCUT2D eigenvalue weighted by atomic mass is 79.9. The molecule has 2 heterocycles. The molecule has 1 aromatic carbocycles. The van der Waals surface area contributed by atoms with Crippen LogP contribution < -0.4 is 10.6 Å². The maximum absolute atomic E-state index is 12.4. The maximum atomic E-state index is 12.4. The van der Waals surface area contributed by atoms with Crippen molar-refractivity contribution >= 4 is 40.1 Å². The van der Waals surface area contributed by atoms with Crippen LogP contribution in [0.1, 0.15) is 25.3 Å². The molecule has 3 rings (SSSR count). The van der Waals surface area contributed by atoms with Gasteiger partial charge in [-0.1, -0.05) is 35.0 Å². The highest BCUT2D eigenvalue weighted by molar-refractivity contribution is 9.10. The van der Waals surface area contributed by atoms with E-state index in [1.165, 1.54) is 0 Å².